The number of thiazole rings is 1. The van der Waals surface area contributed by atoms with Crippen LogP contribution < -0.4 is 5.32 Å². The number of carbonyl (C=O) groups excluding carboxylic acids is 1. The molecule has 1 N–H and O–H groups in total. The predicted octanol–water partition coefficient (Wildman–Crippen LogP) is 5.81. The largest absolute Gasteiger partial charge is 0.302 e. The molecule has 4 aromatic rings. The average Bonchev–Trinajstić information content (AvgIpc) is 3.24. The summed E-state index contributed by atoms with van der Waals surface area (Å²) in [5.41, 5.74) is 3.57. The molecule has 0 radical (unpaired) electrons. The van der Waals surface area contributed by atoms with Crippen LogP contribution in [0.3, 0.4) is 0 Å². The van der Waals surface area contributed by atoms with Crippen LogP contribution in [0.15, 0.2) is 91.0 Å². The highest BCUT2D eigenvalue weighted by molar-refractivity contribution is 7.90. The SMILES string of the molecule is O=C(CCCS(=O)(=O)Cc1ccccc1)Nc1nc(-c2ccccc2)c(-c2ccccc2)s1. The average molecular weight is 477 g/mol. The van der Waals surface area contributed by atoms with Gasteiger partial charge in [-0.1, -0.05) is 102 Å². The monoisotopic (exact) mass is 476 g/mol. The van der Waals surface area contributed by atoms with Crippen molar-refractivity contribution in [3.8, 4) is 21.7 Å². The number of amides is 1. The van der Waals surface area contributed by atoms with Gasteiger partial charge in [-0.05, 0) is 17.5 Å². The number of aromatic nitrogens is 1. The van der Waals surface area contributed by atoms with Gasteiger partial charge in [-0.25, -0.2) is 13.4 Å². The Hall–Kier alpha value is -3.29. The van der Waals surface area contributed by atoms with E-state index >= 15 is 0 Å². The van der Waals surface area contributed by atoms with Crippen LogP contribution in [0.1, 0.15) is 18.4 Å². The molecule has 4 rings (SSSR count). The van der Waals surface area contributed by atoms with Crippen molar-refractivity contribution in [1.29, 1.82) is 0 Å². The second-order valence-electron chi connectivity index (χ2n) is 7.66. The minimum atomic E-state index is -3.27. The Morgan fingerprint density at radius 3 is 2.03 bits per heavy atom. The van der Waals surface area contributed by atoms with E-state index in [1.54, 1.807) is 12.1 Å². The molecule has 0 aliphatic carbocycles. The molecule has 3 aromatic carbocycles. The molecule has 0 saturated carbocycles. The maximum Gasteiger partial charge on any atom is 0.226 e. The number of rotatable bonds is 9. The predicted molar refractivity (Wildman–Crippen MR) is 135 cm³/mol. The lowest BCUT2D eigenvalue weighted by Crippen LogP contribution is -2.15. The lowest BCUT2D eigenvalue weighted by Gasteiger charge is -2.05. The third-order valence-corrected chi connectivity index (χ3v) is 7.75. The highest BCUT2D eigenvalue weighted by Gasteiger charge is 2.17. The molecule has 0 bridgehead atoms. The van der Waals surface area contributed by atoms with Crippen molar-refractivity contribution >= 4 is 32.2 Å². The molecule has 1 amide bonds. The first kappa shape index (κ1) is 22.9. The highest BCUT2D eigenvalue weighted by Crippen LogP contribution is 2.38. The fourth-order valence-corrected chi connectivity index (χ4v) is 5.92. The lowest BCUT2D eigenvalue weighted by molar-refractivity contribution is -0.116. The van der Waals surface area contributed by atoms with Crippen LogP contribution in [0.5, 0.6) is 0 Å². The van der Waals surface area contributed by atoms with Crippen LogP contribution >= 0.6 is 11.3 Å². The molecule has 0 atom stereocenters. The third-order valence-electron chi connectivity index (χ3n) is 5.05. The van der Waals surface area contributed by atoms with E-state index in [0.29, 0.717) is 5.13 Å². The van der Waals surface area contributed by atoms with Crippen LogP contribution in [0.4, 0.5) is 5.13 Å². The molecular weight excluding hydrogens is 452 g/mol. The van der Waals surface area contributed by atoms with Crippen LogP contribution in [0, 0.1) is 0 Å². The summed E-state index contributed by atoms with van der Waals surface area (Å²) < 4.78 is 24.7. The van der Waals surface area contributed by atoms with Gasteiger partial charge < -0.3 is 5.32 Å². The normalized spacial score (nSPS) is 11.3. The van der Waals surface area contributed by atoms with Crippen molar-refractivity contribution in [3.63, 3.8) is 0 Å². The second kappa shape index (κ2) is 10.6. The maximum absolute atomic E-state index is 12.5. The first-order valence-electron chi connectivity index (χ1n) is 10.7. The summed E-state index contributed by atoms with van der Waals surface area (Å²) in [6.45, 7) is 0. The second-order valence-corrected chi connectivity index (χ2v) is 10.8. The van der Waals surface area contributed by atoms with Crippen molar-refractivity contribution in [1.82, 2.24) is 4.98 Å². The molecular formula is C26H24N2O3S2. The van der Waals surface area contributed by atoms with Gasteiger partial charge in [0.1, 0.15) is 0 Å². The van der Waals surface area contributed by atoms with Gasteiger partial charge in [0.05, 0.1) is 22.1 Å². The molecule has 168 valence electrons. The molecule has 0 saturated heterocycles. The van der Waals surface area contributed by atoms with Gasteiger partial charge >= 0.3 is 0 Å². The molecule has 0 aliphatic heterocycles. The zero-order chi connectivity index (χ0) is 23.1. The van der Waals surface area contributed by atoms with Gasteiger partial charge in [0.2, 0.25) is 5.91 Å². The molecule has 33 heavy (non-hydrogen) atoms. The number of sulfone groups is 1. The van der Waals surface area contributed by atoms with Gasteiger partial charge in [0, 0.05) is 12.0 Å². The maximum atomic E-state index is 12.5. The third kappa shape index (κ3) is 6.37. The Morgan fingerprint density at radius 2 is 1.39 bits per heavy atom. The fourth-order valence-electron chi connectivity index (χ4n) is 3.49. The zero-order valence-corrected chi connectivity index (χ0v) is 19.6. The quantitative estimate of drug-likeness (QED) is 0.331. The Balaban J connectivity index is 1.41. The number of hydrogen-bond donors (Lipinski definition) is 1. The lowest BCUT2D eigenvalue weighted by atomic mass is 10.1. The Morgan fingerprint density at radius 1 is 0.818 bits per heavy atom. The van der Waals surface area contributed by atoms with Crippen molar-refractivity contribution in [2.45, 2.75) is 18.6 Å². The van der Waals surface area contributed by atoms with Gasteiger partial charge in [-0.3, -0.25) is 4.79 Å². The number of hydrogen-bond acceptors (Lipinski definition) is 5. The minimum Gasteiger partial charge on any atom is -0.302 e. The van der Waals surface area contributed by atoms with Gasteiger partial charge in [0.25, 0.3) is 0 Å². The summed E-state index contributed by atoms with van der Waals surface area (Å²) in [6, 6.07) is 28.9. The molecule has 0 aliphatic rings. The summed E-state index contributed by atoms with van der Waals surface area (Å²) in [7, 11) is -3.27. The van der Waals surface area contributed by atoms with E-state index in [9.17, 15) is 13.2 Å². The van der Waals surface area contributed by atoms with Crippen molar-refractivity contribution in [3.05, 3.63) is 96.6 Å². The Labute approximate surface area is 198 Å². The number of anilines is 1. The smallest absolute Gasteiger partial charge is 0.226 e. The van der Waals surface area contributed by atoms with E-state index in [1.165, 1.54) is 11.3 Å². The number of nitrogens with one attached hydrogen (secondary N) is 1. The van der Waals surface area contributed by atoms with E-state index in [2.05, 4.69) is 10.3 Å². The molecule has 1 aromatic heterocycles. The molecule has 7 heteroatoms. The molecule has 1 heterocycles. The highest BCUT2D eigenvalue weighted by atomic mass is 32.2. The van der Waals surface area contributed by atoms with Crippen LogP contribution in [0.2, 0.25) is 0 Å². The number of benzene rings is 3. The minimum absolute atomic E-state index is 0.0111. The standard InChI is InChI=1S/C26H24N2O3S2/c29-23(17-10-18-33(30,31)19-20-11-4-1-5-12-20)27-26-28-24(21-13-6-2-7-14-21)25(32-26)22-15-8-3-9-16-22/h1-9,11-16H,10,17-19H2,(H,27,28,29). The summed E-state index contributed by atoms with van der Waals surface area (Å²) in [4.78, 5) is 18.2. The van der Waals surface area contributed by atoms with E-state index in [4.69, 9.17) is 0 Å². The van der Waals surface area contributed by atoms with Gasteiger partial charge in [0.15, 0.2) is 15.0 Å². The van der Waals surface area contributed by atoms with Crippen molar-refractivity contribution in [2.24, 2.45) is 0 Å². The van der Waals surface area contributed by atoms with Crippen LogP contribution in [0.25, 0.3) is 21.7 Å². The van der Waals surface area contributed by atoms with E-state index in [-0.39, 0.29) is 30.3 Å². The summed E-state index contributed by atoms with van der Waals surface area (Å²) in [5.74, 6) is -0.279. The number of nitrogens with zero attached hydrogens (tertiary/aromatic N) is 1. The molecule has 0 unspecified atom stereocenters. The Kier molecular flexibility index (Phi) is 7.32. The molecule has 5 nitrogen and oxygen atoms in total. The van der Waals surface area contributed by atoms with E-state index < -0.39 is 9.84 Å². The fraction of sp³-hybridized carbons (Fsp3) is 0.154. The van der Waals surface area contributed by atoms with Crippen molar-refractivity contribution in [2.75, 3.05) is 11.1 Å². The van der Waals surface area contributed by atoms with Crippen LogP contribution in [-0.2, 0) is 20.4 Å². The van der Waals surface area contributed by atoms with Gasteiger partial charge in [-0.15, -0.1) is 0 Å². The first-order valence-corrected chi connectivity index (χ1v) is 13.3. The topological polar surface area (TPSA) is 76.1 Å². The first-order chi connectivity index (χ1) is 16.0. The van der Waals surface area contributed by atoms with Crippen LogP contribution in [-0.4, -0.2) is 25.1 Å². The molecule has 0 spiro atoms. The van der Waals surface area contributed by atoms with E-state index in [0.717, 1.165) is 27.3 Å². The summed E-state index contributed by atoms with van der Waals surface area (Å²) >= 11 is 1.42. The van der Waals surface area contributed by atoms with Gasteiger partial charge in [-0.2, -0.15) is 0 Å². The van der Waals surface area contributed by atoms with Crippen molar-refractivity contribution < 1.29 is 13.2 Å². The zero-order valence-electron chi connectivity index (χ0n) is 18.0. The summed E-state index contributed by atoms with van der Waals surface area (Å²) in [5, 5.41) is 3.36. The molecule has 0 fully saturated rings. The van der Waals surface area contributed by atoms with E-state index in [1.807, 2.05) is 78.9 Å². The number of carbonyl (C=O) groups is 1. The Bertz CT molecular complexity index is 1250. The summed E-state index contributed by atoms with van der Waals surface area (Å²) in [6.07, 6.45) is 0.387.